The van der Waals surface area contributed by atoms with Crippen LogP contribution >= 0.6 is 0 Å². The molecule has 15 amide bonds. The van der Waals surface area contributed by atoms with Gasteiger partial charge in [0, 0.05) is 19.4 Å². The smallest absolute Gasteiger partial charge is 0.328 e. The van der Waals surface area contributed by atoms with E-state index in [0.29, 0.717) is 12.0 Å². The Hall–Kier alpha value is -11.5. The minimum Gasteiger partial charge on any atom is -0.508 e. The Kier molecular flexibility index (Phi) is 50.0. The number of nitrogens with one attached hydrogen (secondary N) is 14. The number of nitrogens with two attached hydrogens (primary N) is 6. The summed E-state index contributed by atoms with van der Waals surface area (Å²) >= 11 is 0. The summed E-state index contributed by atoms with van der Waals surface area (Å²) in [5.74, 6) is -24.1. The molecule has 1 aromatic rings. The quantitative estimate of drug-likeness (QED) is 0.0164. The van der Waals surface area contributed by atoms with Crippen LogP contribution in [0.15, 0.2) is 29.3 Å². The Balaban J connectivity index is 3.70. The number of carbonyl (C=O) groups is 18. The lowest BCUT2D eigenvalue weighted by Gasteiger charge is -2.30. The number of primary amides is 1. The number of carboxylic acid groups (broad SMARTS) is 3. The van der Waals surface area contributed by atoms with E-state index in [1.807, 2.05) is 5.32 Å². The van der Waals surface area contributed by atoms with Gasteiger partial charge in [0.25, 0.3) is 0 Å². The highest BCUT2D eigenvalue weighted by Gasteiger charge is 2.41. The number of hydrogen-bond donors (Lipinski definition) is 27. The third-order valence-corrected chi connectivity index (χ3v) is 18.9. The van der Waals surface area contributed by atoms with Crippen LogP contribution in [0.1, 0.15) is 171 Å². The highest BCUT2D eigenvalue weighted by atomic mass is 16.4. The van der Waals surface area contributed by atoms with Crippen molar-refractivity contribution in [3.8, 4) is 5.75 Å². The zero-order chi connectivity index (χ0) is 93.0. The van der Waals surface area contributed by atoms with Crippen molar-refractivity contribution in [1.82, 2.24) is 74.4 Å². The van der Waals surface area contributed by atoms with Gasteiger partial charge in [-0.15, -0.1) is 0 Å². The molecule has 0 aliphatic rings. The maximum atomic E-state index is 14.5. The molecular weight excluding hydrogens is 1610 g/mol. The van der Waals surface area contributed by atoms with E-state index in [-0.39, 0.29) is 108 Å². The summed E-state index contributed by atoms with van der Waals surface area (Å²) in [5, 5.41) is 104. The van der Waals surface area contributed by atoms with E-state index in [2.05, 4.69) is 74.1 Å². The van der Waals surface area contributed by atoms with Gasteiger partial charge in [0.05, 0.1) is 44.2 Å². The molecule has 0 aliphatic heterocycles. The Bertz CT molecular complexity index is 3700. The van der Waals surface area contributed by atoms with E-state index in [1.54, 1.807) is 34.6 Å². The predicted octanol–water partition coefficient (Wildman–Crippen LogP) is -8.16. The van der Waals surface area contributed by atoms with Crippen LogP contribution in [0, 0.1) is 23.7 Å². The molecule has 1 aromatic carbocycles. The number of hydrogen-bond acceptors (Lipinski definition) is 26. The molecule has 0 saturated heterocycles. The van der Waals surface area contributed by atoms with Crippen molar-refractivity contribution in [1.29, 1.82) is 0 Å². The maximum Gasteiger partial charge on any atom is 0.328 e. The van der Waals surface area contributed by atoms with Crippen molar-refractivity contribution < 1.29 is 122 Å². The van der Waals surface area contributed by atoms with Crippen LogP contribution in [0.3, 0.4) is 0 Å². The Morgan fingerprint density at radius 1 is 0.418 bits per heavy atom. The Morgan fingerprint density at radius 3 is 1.24 bits per heavy atom. The van der Waals surface area contributed by atoms with Gasteiger partial charge >= 0.3 is 17.9 Å². The van der Waals surface area contributed by atoms with Gasteiger partial charge < -0.3 is 145 Å². The fraction of sp³-hybridized carbons (Fsp3) is 0.671. The van der Waals surface area contributed by atoms with Crippen LogP contribution in [-0.4, -0.2) is 278 Å². The van der Waals surface area contributed by atoms with Gasteiger partial charge in [-0.05, 0) is 139 Å². The lowest BCUT2D eigenvalue weighted by atomic mass is 9.96. The number of aliphatic hydroxyl groups is 3. The van der Waals surface area contributed by atoms with E-state index in [1.165, 1.54) is 45.0 Å². The second kappa shape index (κ2) is 56.2. The molecule has 17 atom stereocenters. The molecule has 0 bridgehead atoms. The maximum absolute atomic E-state index is 14.5. The highest BCUT2D eigenvalue weighted by Crippen LogP contribution is 2.18. The van der Waals surface area contributed by atoms with E-state index in [4.69, 9.17) is 34.4 Å². The number of carboxylic acids is 3. The summed E-state index contributed by atoms with van der Waals surface area (Å²) in [4.78, 5) is 249. The lowest BCUT2D eigenvalue weighted by molar-refractivity contribution is -0.143. The molecular formula is C76H129N21O25. The largest absolute Gasteiger partial charge is 0.508 e. The van der Waals surface area contributed by atoms with Crippen molar-refractivity contribution in [3.05, 3.63) is 29.8 Å². The average Bonchev–Trinajstić information content (AvgIpc) is 0.843. The number of nitrogens with zero attached hydrogens (tertiary/aromatic N) is 1. The lowest BCUT2D eigenvalue weighted by Crippen LogP contribution is -2.64. The van der Waals surface area contributed by atoms with Gasteiger partial charge in [0.2, 0.25) is 88.6 Å². The zero-order valence-electron chi connectivity index (χ0n) is 70.6. The van der Waals surface area contributed by atoms with Gasteiger partial charge in [-0.25, -0.2) is 4.79 Å². The summed E-state index contributed by atoms with van der Waals surface area (Å²) in [7, 11) is 0. The van der Waals surface area contributed by atoms with Crippen LogP contribution in [0.2, 0.25) is 0 Å². The molecule has 0 aliphatic carbocycles. The number of phenols is 1. The van der Waals surface area contributed by atoms with Crippen LogP contribution in [0.25, 0.3) is 0 Å². The number of benzene rings is 1. The number of aliphatic hydroxyl groups excluding tert-OH is 3. The third-order valence-electron chi connectivity index (χ3n) is 18.9. The Morgan fingerprint density at radius 2 is 0.795 bits per heavy atom. The molecule has 33 N–H and O–H groups in total. The Labute approximate surface area is 706 Å². The summed E-state index contributed by atoms with van der Waals surface area (Å²) in [6, 6.07) is -18.3. The summed E-state index contributed by atoms with van der Waals surface area (Å²) in [5.41, 5.74) is 34.2. The minimum atomic E-state index is -2.11. The summed E-state index contributed by atoms with van der Waals surface area (Å²) < 4.78 is 0. The molecule has 46 nitrogen and oxygen atoms in total. The van der Waals surface area contributed by atoms with Crippen molar-refractivity contribution >= 4 is 112 Å². The van der Waals surface area contributed by atoms with Crippen molar-refractivity contribution in [3.63, 3.8) is 0 Å². The first kappa shape index (κ1) is 109. The first-order chi connectivity index (χ1) is 57.1. The topological polar surface area (TPSA) is 786 Å². The monoisotopic (exact) mass is 1740 g/mol. The third kappa shape index (κ3) is 41.7. The molecule has 0 spiro atoms. The number of phenolic OH excluding ortho intramolecular Hbond substituents is 1. The summed E-state index contributed by atoms with van der Waals surface area (Å²) in [6.07, 6.45) is -6.82. The van der Waals surface area contributed by atoms with Crippen LogP contribution in [-0.2, 0) is 92.7 Å². The molecule has 688 valence electrons. The van der Waals surface area contributed by atoms with E-state index in [0.717, 1.165) is 13.8 Å². The zero-order valence-corrected chi connectivity index (χ0v) is 70.6. The number of unbranched alkanes of at least 4 members (excludes halogenated alkanes) is 2. The highest BCUT2D eigenvalue weighted by molar-refractivity contribution is 6.01. The first-order valence-electron chi connectivity index (χ1n) is 40.2. The predicted molar refractivity (Wildman–Crippen MR) is 438 cm³/mol. The number of aromatic hydroxyl groups is 1. The van der Waals surface area contributed by atoms with Gasteiger partial charge in [0.15, 0.2) is 5.96 Å². The standard InChI is InChI=1S/C76H129N21O25/c1-11-39(8)59(95-70(116)52(33-57(106)107)92-64(110)47(19-16-28-83-76(81)82)86-62(108)44(79)29-36(2)3)72(118)89-48(24-25-54(80)102)65(111)91-51(32-56(104)105)69(115)88-46(18-13-15-27-78)66(112)94-58(38(6)7)71(117)96-61(41(10)100)74(120)97-60(40(9)99)73(119)93-49(30-37(4)5)67(113)90-50(31-42-20-22-43(101)23-21-42)68(114)87-45(17-12-14-26-77)63(109)84-34-55(103)85-53(35-98)75(121)122/h20-23,36-41,44-53,58-61,98-101H,11-19,24-35,77-79H2,1-10H3,(H2,80,102)(H,84,109)(H,85,103)(H,86,108)(H,87,114)(H,88,115)(H,89,118)(H,90,113)(H,91,111)(H,92,110)(H,93,119)(H,94,112)(H,95,116)(H,96,117)(H,97,120)(H,104,105)(H,106,107)(H,121,122)(H4,81,82,83)/t39-,40+,41+,44-,45-,46-,47-,48-,49-,50-,51-,52-,53-,58-,59-,60-,61-/m0/s1. The molecule has 0 radical (unpaired) electrons. The van der Waals surface area contributed by atoms with Crippen LogP contribution in [0.4, 0.5) is 0 Å². The second-order valence-corrected chi connectivity index (χ2v) is 30.9. The number of guanidine groups is 1. The van der Waals surface area contributed by atoms with Crippen LogP contribution < -0.4 is 109 Å². The first-order valence-corrected chi connectivity index (χ1v) is 40.2. The van der Waals surface area contributed by atoms with Gasteiger partial charge in [-0.3, -0.25) is 86.5 Å². The van der Waals surface area contributed by atoms with Gasteiger partial charge in [-0.2, -0.15) is 0 Å². The van der Waals surface area contributed by atoms with E-state index in [9.17, 15) is 122 Å². The van der Waals surface area contributed by atoms with Gasteiger partial charge in [0.1, 0.15) is 84.3 Å². The molecule has 122 heavy (non-hydrogen) atoms. The molecule has 0 heterocycles. The molecule has 1 rings (SSSR count). The molecule has 0 unspecified atom stereocenters. The van der Waals surface area contributed by atoms with E-state index >= 15 is 0 Å². The SMILES string of the molecule is CC[C@H](C)[C@H](NC(=O)[C@H](CC(=O)O)NC(=O)[C@H](CCCN=C(N)N)NC(=O)[C@@H](N)CC(C)C)C(=O)N[C@@H](CCC(N)=O)C(=O)N[C@@H](CC(=O)O)C(=O)N[C@@H](CCCCN)C(=O)N[C@H](C(=O)N[C@H](C(=O)N[C@H](C(=O)N[C@@H](CC(C)C)C(=O)N[C@@H](Cc1ccc(O)cc1)C(=O)N[C@@H](CCCCN)C(=O)NCC(=O)N[C@@H](CO)C(=O)O)[C@@H](C)O)[C@@H](C)O)C(C)C. The number of carbonyl (C=O) groups excluding carboxylic acids is 15. The number of rotatable bonds is 60. The van der Waals surface area contributed by atoms with Crippen molar-refractivity contribution in [2.45, 2.75) is 269 Å². The molecule has 0 fully saturated rings. The second-order valence-electron chi connectivity index (χ2n) is 30.9. The fourth-order valence-electron chi connectivity index (χ4n) is 11.9. The van der Waals surface area contributed by atoms with E-state index < -0.39 is 260 Å². The number of aliphatic carboxylic acids is 3. The minimum absolute atomic E-state index is 0.0126. The number of amides is 15. The van der Waals surface area contributed by atoms with Crippen molar-refractivity contribution in [2.24, 2.45) is 63.1 Å². The fourth-order valence-corrected chi connectivity index (χ4v) is 11.9. The van der Waals surface area contributed by atoms with Crippen LogP contribution in [0.5, 0.6) is 5.75 Å². The molecule has 0 saturated carbocycles. The normalized spacial score (nSPS) is 15.4. The van der Waals surface area contributed by atoms with Crippen molar-refractivity contribution in [2.75, 3.05) is 32.8 Å². The number of aliphatic imine (C=N–C) groups is 1. The summed E-state index contributed by atoms with van der Waals surface area (Å²) in [6.45, 7) is 13.4. The molecule has 46 heteroatoms. The van der Waals surface area contributed by atoms with Gasteiger partial charge in [-0.1, -0.05) is 73.9 Å². The average molecular weight is 1740 g/mol. The molecule has 0 aromatic heterocycles.